The highest BCUT2D eigenvalue weighted by Crippen LogP contribution is 2.28. The van der Waals surface area contributed by atoms with Gasteiger partial charge in [-0.3, -0.25) is 19.3 Å². The largest absolute Gasteiger partial charge is 0.492 e. The number of carbonyl (C=O) groups excluding carboxylic acids is 3. The molecule has 3 amide bonds. The summed E-state index contributed by atoms with van der Waals surface area (Å²) in [4.78, 5) is 37.2. The lowest BCUT2D eigenvalue weighted by atomic mass is 10.1. The predicted molar refractivity (Wildman–Crippen MR) is 111 cm³/mol. The number of imide groups is 1. The number of carbonyl (C=O) groups is 3. The van der Waals surface area contributed by atoms with Crippen LogP contribution in [-0.4, -0.2) is 29.2 Å². The lowest BCUT2D eigenvalue weighted by molar-refractivity contribution is -0.139. The molecule has 0 bridgehead atoms. The van der Waals surface area contributed by atoms with E-state index in [9.17, 15) is 14.4 Å². The Balaban J connectivity index is 1.61. The molecule has 7 heteroatoms. The minimum Gasteiger partial charge on any atom is -0.492 e. The van der Waals surface area contributed by atoms with Crippen LogP contribution in [0.4, 0.5) is 5.69 Å². The van der Waals surface area contributed by atoms with Gasteiger partial charge in [-0.2, -0.15) is 0 Å². The fraction of sp³-hybridized carbons (Fsp3) is 0.318. The molecule has 1 saturated heterocycles. The van der Waals surface area contributed by atoms with Crippen LogP contribution in [0.15, 0.2) is 42.5 Å². The van der Waals surface area contributed by atoms with E-state index in [1.807, 2.05) is 0 Å². The Bertz CT molecular complexity index is 909. The molecule has 0 aliphatic carbocycles. The molecule has 2 aromatic carbocycles. The second kappa shape index (κ2) is 9.09. The van der Waals surface area contributed by atoms with Crippen molar-refractivity contribution in [3.63, 3.8) is 0 Å². The van der Waals surface area contributed by atoms with Crippen LogP contribution in [0.3, 0.4) is 0 Å². The van der Waals surface area contributed by atoms with Gasteiger partial charge in [0.05, 0.1) is 18.2 Å². The number of nitrogens with zero attached hydrogens (tertiary/aromatic N) is 1. The Morgan fingerprint density at radius 3 is 2.34 bits per heavy atom. The van der Waals surface area contributed by atoms with E-state index in [1.165, 1.54) is 4.90 Å². The van der Waals surface area contributed by atoms with Crippen molar-refractivity contribution in [1.82, 2.24) is 4.90 Å². The van der Waals surface area contributed by atoms with Crippen molar-refractivity contribution < 1.29 is 19.1 Å². The molecule has 152 valence electrons. The van der Waals surface area contributed by atoms with Crippen LogP contribution in [0.2, 0.25) is 5.02 Å². The lowest BCUT2D eigenvalue weighted by Crippen LogP contribution is -2.28. The number of rotatable bonds is 7. The van der Waals surface area contributed by atoms with Gasteiger partial charge in [0.2, 0.25) is 11.8 Å². The van der Waals surface area contributed by atoms with Gasteiger partial charge in [-0.15, -0.1) is 0 Å². The topological polar surface area (TPSA) is 75.7 Å². The highest BCUT2D eigenvalue weighted by Gasteiger charge is 2.28. The van der Waals surface area contributed by atoms with Crippen molar-refractivity contribution in [3.05, 3.63) is 58.6 Å². The highest BCUT2D eigenvalue weighted by atomic mass is 35.5. The maximum atomic E-state index is 12.5. The van der Waals surface area contributed by atoms with E-state index in [4.69, 9.17) is 16.3 Å². The van der Waals surface area contributed by atoms with Gasteiger partial charge in [0.25, 0.3) is 5.91 Å². The molecule has 0 atom stereocenters. The summed E-state index contributed by atoms with van der Waals surface area (Å²) in [5, 5.41) is 3.23. The molecule has 6 nitrogen and oxygen atoms in total. The SMILES string of the molecule is CC(C)COc1ccc(NC(=O)c2ccc(CN3C(=O)CCC3=O)cc2)cc1Cl. The molecule has 2 aromatic rings. The van der Waals surface area contributed by atoms with Gasteiger partial charge in [-0.25, -0.2) is 0 Å². The Morgan fingerprint density at radius 1 is 1.10 bits per heavy atom. The van der Waals surface area contributed by atoms with Crippen LogP contribution < -0.4 is 10.1 Å². The average Bonchev–Trinajstić information content (AvgIpc) is 3.00. The van der Waals surface area contributed by atoms with Crippen LogP contribution in [0.5, 0.6) is 5.75 Å². The highest BCUT2D eigenvalue weighted by molar-refractivity contribution is 6.32. The van der Waals surface area contributed by atoms with Crippen molar-refractivity contribution in [2.75, 3.05) is 11.9 Å². The molecule has 1 N–H and O–H groups in total. The van der Waals surface area contributed by atoms with Crippen molar-refractivity contribution in [3.8, 4) is 5.75 Å². The van der Waals surface area contributed by atoms with Crippen LogP contribution in [0.1, 0.15) is 42.6 Å². The summed E-state index contributed by atoms with van der Waals surface area (Å²) in [6, 6.07) is 11.9. The zero-order chi connectivity index (χ0) is 21.0. The number of ether oxygens (including phenoxy) is 1. The van der Waals surface area contributed by atoms with Gasteiger partial charge in [0.1, 0.15) is 5.75 Å². The molecule has 1 aliphatic heterocycles. The maximum Gasteiger partial charge on any atom is 0.255 e. The third kappa shape index (κ3) is 5.35. The average molecular weight is 415 g/mol. The van der Waals surface area contributed by atoms with Crippen LogP contribution in [-0.2, 0) is 16.1 Å². The summed E-state index contributed by atoms with van der Waals surface area (Å²) in [6.07, 6.45) is 0.534. The molecule has 0 spiro atoms. The summed E-state index contributed by atoms with van der Waals surface area (Å²) >= 11 is 6.23. The van der Waals surface area contributed by atoms with E-state index < -0.39 is 0 Å². The number of halogens is 1. The molecule has 1 fully saturated rings. The van der Waals surface area contributed by atoms with Gasteiger partial charge in [-0.1, -0.05) is 37.6 Å². The smallest absolute Gasteiger partial charge is 0.255 e. The number of nitrogens with one attached hydrogen (secondary N) is 1. The molecule has 29 heavy (non-hydrogen) atoms. The standard InChI is InChI=1S/C22H23ClN2O4/c1-14(2)13-29-19-8-7-17(11-18(19)23)24-22(28)16-5-3-15(4-6-16)12-25-20(26)9-10-21(25)27/h3-8,11,14H,9-10,12-13H2,1-2H3,(H,24,28). The maximum absolute atomic E-state index is 12.5. The van der Waals surface area contributed by atoms with Crippen molar-refractivity contribution in [2.45, 2.75) is 33.2 Å². The van der Waals surface area contributed by atoms with E-state index in [0.29, 0.717) is 34.5 Å². The molecule has 0 radical (unpaired) electrons. The quantitative estimate of drug-likeness (QED) is 0.686. The Labute approximate surface area is 174 Å². The van der Waals surface area contributed by atoms with Gasteiger partial charge in [0, 0.05) is 24.1 Å². The summed E-state index contributed by atoms with van der Waals surface area (Å²) in [5.41, 5.74) is 1.82. The third-order valence-electron chi connectivity index (χ3n) is 4.47. The first kappa shape index (κ1) is 20.9. The van der Waals surface area contributed by atoms with Gasteiger partial charge < -0.3 is 10.1 Å². The summed E-state index contributed by atoms with van der Waals surface area (Å²) < 4.78 is 5.63. The number of anilines is 1. The Hall–Kier alpha value is -2.86. The first-order chi connectivity index (χ1) is 13.8. The van der Waals surface area contributed by atoms with Crippen LogP contribution in [0, 0.1) is 5.92 Å². The molecular weight excluding hydrogens is 392 g/mol. The monoisotopic (exact) mass is 414 g/mol. The molecular formula is C22H23ClN2O4. The third-order valence-corrected chi connectivity index (χ3v) is 4.77. The first-order valence-corrected chi connectivity index (χ1v) is 9.87. The second-order valence-corrected chi connectivity index (χ2v) is 7.78. The van der Waals surface area contributed by atoms with Crippen molar-refractivity contribution in [2.24, 2.45) is 5.92 Å². The van der Waals surface area contributed by atoms with Gasteiger partial charge in [0.15, 0.2) is 0 Å². The zero-order valence-electron chi connectivity index (χ0n) is 16.4. The minimum atomic E-state index is -0.281. The predicted octanol–water partition coefficient (Wildman–Crippen LogP) is 4.28. The normalized spacial score (nSPS) is 13.9. The summed E-state index contributed by atoms with van der Waals surface area (Å²) in [5.74, 6) is 0.365. The van der Waals surface area contributed by atoms with Gasteiger partial charge in [-0.05, 0) is 41.8 Å². The Morgan fingerprint density at radius 2 is 1.76 bits per heavy atom. The fourth-order valence-electron chi connectivity index (χ4n) is 2.90. The molecule has 0 unspecified atom stereocenters. The molecule has 1 heterocycles. The summed E-state index contributed by atoms with van der Waals surface area (Å²) in [7, 11) is 0. The number of hydrogen-bond donors (Lipinski definition) is 1. The Kier molecular flexibility index (Phi) is 6.54. The number of hydrogen-bond acceptors (Lipinski definition) is 4. The number of likely N-dealkylation sites (tertiary alicyclic amines) is 1. The van der Waals surface area contributed by atoms with Crippen LogP contribution in [0.25, 0.3) is 0 Å². The lowest BCUT2D eigenvalue weighted by Gasteiger charge is -2.14. The molecule has 1 aliphatic rings. The van der Waals surface area contributed by atoms with Crippen LogP contribution >= 0.6 is 11.6 Å². The number of amides is 3. The minimum absolute atomic E-state index is 0.158. The second-order valence-electron chi connectivity index (χ2n) is 7.37. The number of benzene rings is 2. The van der Waals surface area contributed by atoms with E-state index in [0.717, 1.165) is 5.56 Å². The van der Waals surface area contributed by atoms with E-state index in [2.05, 4.69) is 19.2 Å². The molecule has 0 saturated carbocycles. The van der Waals surface area contributed by atoms with Crippen molar-refractivity contribution >= 4 is 35.0 Å². The molecule has 3 rings (SSSR count). The first-order valence-electron chi connectivity index (χ1n) is 9.49. The summed E-state index contributed by atoms with van der Waals surface area (Å²) in [6.45, 7) is 4.89. The fourth-order valence-corrected chi connectivity index (χ4v) is 3.13. The van der Waals surface area contributed by atoms with E-state index in [-0.39, 0.29) is 37.1 Å². The zero-order valence-corrected chi connectivity index (χ0v) is 17.2. The van der Waals surface area contributed by atoms with Crippen molar-refractivity contribution in [1.29, 1.82) is 0 Å². The van der Waals surface area contributed by atoms with E-state index in [1.54, 1.807) is 42.5 Å². The van der Waals surface area contributed by atoms with Gasteiger partial charge >= 0.3 is 0 Å². The molecule has 0 aromatic heterocycles. The van der Waals surface area contributed by atoms with E-state index >= 15 is 0 Å².